The molecule has 3 aromatic rings. The first kappa shape index (κ1) is 12.7. The highest BCUT2D eigenvalue weighted by Crippen LogP contribution is 2.20. The zero-order chi connectivity index (χ0) is 14.3. The van der Waals surface area contributed by atoms with Crippen LogP contribution >= 0.6 is 0 Å². The summed E-state index contributed by atoms with van der Waals surface area (Å²) in [6, 6.07) is 6.19. The second kappa shape index (κ2) is 4.34. The van der Waals surface area contributed by atoms with E-state index >= 15 is 0 Å². The lowest BCUT2D eigenvalue weighted by molar-refractivity contribution is 0.400. The normalized spacial score (nSPS) is 11.9. The lowest BCUT2D eigenvalue weighted by atomic mass is 10.3. The van der Waals surface area contributed by atoms with Crippen molar-refractivity contribution in [1.82, 2.24) is 15.1 Å². The van der Waals surface area contributed by atoms with E-state index in [2.05, 4.69) is 19.8 Å². The number of sulfonamides is 1. The van der Waals surface area contributed by atoms with Crippen molar-refractivity contribution in [3.63, 3.8) is 0 Å². The molecule has 0 saturated heterocycles. The fourth-order valence-corrected chi connectivity index (χ4v) is 2.90. The van der Waals surface area contributed by atoms with Crippen LogP contribution < -0.4 is 4.72 Å². The van der Waals surface area contributed by atoms with E-state index < -0.39 is 10.0 Å². The van der Waals surface area contributed by atoms with E-state index in [-0.39, 0.29) is 10.7 Å². The molecule has 0 atom stereocenters. The maximum absolute atomic E-state index is 12.2. The molecule has 104 valence electrons. The molecule has 0 saturated carbocycles. The summed E-state index contributed by atoms with van der Waals surface area (Å²) in [6.07, 6.45) is 0. The van der Waals surface area contributed by atoms with Crippen LogP contribution in [0.2, 0.25) is 0 Å². The predicted octanol–water partition coefficient (Wildman–Crippen LogP) is 1.97. The molecule has 0 aliphatic carbocycles. The predicted molar refractivity (Wildman–Crippen MR) is 72.9 cm³/mol. The van der Waals surface area contributed by atoms with Gasteiger partial charge in [-0.1, -0.05) is 5.16 Å². The first-order chi connectivity index (χ1) is 9.44. The topological polar surface area (TPSA) is 101 Å². The van der Waals surface area contributed by atoms with Gasteiger partial charge in [-0.05, 0) is 32.0 Å². The molecule has 0 spiro atoms. The summed E-state index contributed by atoms with van der Waals surface area (Å²) in [4.78, 5) is 7.36. The minimum absolute atomic E-state index is 0.134. The number of fused-ring (bicyclic) bond motifs is 1. The fourth-order valence-electron chi connectivity index (χ4n) is 1.89. The van der Waals surface area contributed by atoms with Crippen LogP contribution in [0.15, 0.2) is 33.7 Å². The van der Waals surface area contributed by atoms with Crippen LogP contribution in [0.3, 0.4) is 0 Å². The molecular formula is C12H12N4O3S. The number of nitrogens with one attached hydrogen (secondary N) is 2. The monoisotopic (exact) mass is 292 g/mol. The zero-order valence-corrected chi connectivity index (χ0v) is 11.7. The molecule has 8 heteroatoms. The van der Waals surface area contributed by atoms with E-state index in [0.29, 0.717) is 11.3 Å². The van der Waals surface area contributed by atoms with Crippen molar-refractivity contribution in [2.24, 2.45) is 0 Å². The summed E-state index contributed by atoms with van der Waals surface area (Å²) in [5.74, 6) is 1.42. The molecule has 1 aromatic carbocycles. The highest BCUT2D eigenvalue weighted by molar-refractivity contribution is 7.92. The first-order valence-corrected chi connectivity index (χ1v) is 7.35. The van der Waals surface area contributed by atoms with Gasteiger partial charge in [0.25, 0.3) is 10.0 Å². The van der Waals surface area contributed by atoms with E-state index in [9.17, 15) is 8.42 Å². The molecular weight excluding hydrogens is 280 g/mol. The lowest BCUT2D eigenvalue weighted by Crippen LogP contribution is -2.13. The van der Waals surface area contributed by atoms with Crippen molar-refractivity contribution in [2.75, 3.05) is 4.72 Å². The van der Waals surface area contributed by atoms with Crippen molar-refractivity contribution in [2.45, 2.75) is 18.7 Å². The zero-order valence-electron chi connectivity index (χ0n) is 10.8. The maximum atomic E-state index is 12.2. The SMILES string of the molecule is Cc1nc2ccc(S(=O)(=O)Nc3cc(C)on3)cc2[nH]1. The molecule has 0 unspecified atom stereocenters. The van der Waals surface area contributed by atoms with Crippen molar-refractivity contribution in [3.8, 4) is 0 Å². The van der Waals surface area contributed by atoms with Crippen LogP contribution in [0.5, 0.6) is 0 Å². The Balaban J connectivity index is 1.99. The number of hydrogen-bond donors (Lipinski definition) is 2. The summed E-state index contributed by atoms with van der Waals surface area (Å²) in [5, 5.41) is 3.61. The minimum atomic E-state index is -3.70. The van der Waals surface area contributed by atoms with Crippen LogP contribution in [0.4, 0.5) is 5.82 Å². The first-order valence-electron chi connectivity index (χ1n) is 5.86. The van der Waals surface area contributed by atoms with Crippen LogP contribution in [0.25, 0.3) is 11.0 Å². The van der Waals surface area contributed by atoms with Gasteiger partial charge in [0.05, 0.1) is 15.9 Å². The van der Waals surface area contributed by atoms with Gasteiger partial charge in [-0.25, -0.2) is 13.4 Å². The number of aromatic nitrogens is 3. The summed E-state index contributed by atoms with van der Waals surface area (Å²) in [5.41, 5.74) is 1.39. The van der Waals surface area contributed by atoms with Crippen molar-refractivity contribution in [1.29, 1.82) is 0 Å². The van der Waals surface area contributed by atoms with Crippen LogP contribution in [0, 0.1) is 13.8 Å². The average molecular weight is 292 g/mol. The maximum Gasteiger partial charge on any atom is 0.263 e. The quantitative estimate of drug-likeness (QED) is 0.768. The van der Waals surface area contributed by atoms with Crippen molar-refractivity contribution in [3.05, 3.63) is 35.9 Å². The summed E-state index contributed by atoms with van der Waals surface area (Å²) >= 11 is 0. The summed E-state index contributed by atoms with van der Waals surface area (Å²) in [7, 11) is -3.70. The van der Waals surface area contributed by atoms with E-state index in [0.717, 1.165) is 11.3 Å². The number of benzene rings is 1. The molecule has 2 heterocycles. The Morgan fingerprint density at radius 3 is 2.75 bits per heavy atom. The van der Waals surface area contributed by atoms with Crippen molar-refractivity contribution < 1.29 is 12.9 Å². The third kappa shape index (κ3) is 2.25. The van der Waals surface area contributed by atoms with Crippen LogP contribution in [-0.4, -0.2) is 23.5 Å². The summed E-state index contributed by atoms with van der Waals surface area (Å²) in [6.45, 7) is 3.49. The van der Waals surface area contributed by atoms with Gasteiger partial charge in [0.1, 0.15) is 11.6 Å². The molecule has 2 N–H and O–H groups in total. The average Bonchev–Trinajstić information content (AvgIpc) is 2.92. The Labute approximate surface area is 115 Å². The smallest absolute Gasteiger partial charge is 0.263 e. The van der Waals surface area contributed by atoms with Gasteiger partial charge in [-0.15, -0.1) is 0 Å². The van der Waals surface area contributed by atoms with Gasteiger partial charge in [0.2, 0.25) is 0 Å². The number of aromatic amines is 1. The molecule has 0 bridgehead atoms. The Morgan fingerprint density at radius 1 is 1.25 bits per heavy atom. The number of aryl methyl sites for hydroxylation is 2. The van der Waals surface area contributed by atoms with Gasteiger partial charge < -0.3 is 9.51 Å². The number of anilines is 1. The second-order valence-electron chi connectivity index (χ2n) is 4.43. The second-order valence-corrected chi connectivity index (χ2v) is 6.11. The van der Waals surface area contributed by atoms with Gasteiger partial charge in [0, 0.05) is 6.07 Å². The van der Waals surface area contributed by atoms with E-state index in [1.165, 1.54) is 18.2 Å². The lowest BCUT2D eigenvalue weighted by Gasteiger charge is -2.04. The Kier molecular flexibility index (Phi) is 2.75. The number of imidazole rings is 1. The molecule has 3 rings (SSSR count). The molecule has 7 nitrogen and oxygen atoms in total. The number of H-pyrrole nitrogens is 1. The molecule has 0 aliphatic heterocycles. The fraction of sp³-hybridized carbons (Fsp3) is 0.167. The molecule has 0 aliphatic rings. The number of nitrogens with zero attached hydrogens (tertiary/aromatic N) is 2. The third-order valence-corrected chi connectivity index (χ3v) is 4.10. The molecule has 0 fully saturated rings. The van der Waals surface area contributed by atoms with Gasteiger partial charge in [0.15, 0.2) is 5.82 Å². The molecule has 0 amide bonds. The van der Waals surface area contributed by atoms with Gasteiger partial charge in [-0.3, -0.25) is 4.72 Å². The van der Waals surface area contributed by atoms with E-state index in [1.54, 1.807) is 13.0 Å². The number of rotatable bonds is 3. The van der Waals surface area contributed by atoms with Crippen LogP contribution in [-0.2, 0) is 10.0 Å². The highest BCUT2D eigenvalue weighted by atomic mass is 32.2. The van der Waals surface area contributed by atoms with Crippen LogP contribution in [0.1, 0.15) is 11.6 Å². The van der Waals surface area contributed by atoms with Crippen molar-refractivity contribution >= 4 is 26.9 Å². The molecule has 20 heavy (non-hydrogen) atoms. The third-order valence-electron chi connectivity index (χ3n) is 2.75. The Bertz CT molecular complexity index is 879. The Hall–Kier alpha value is -2.35. The van der Waals surface area contributed by atoms with E-state index in [1.807, 2.05) is 6.92 Å². The standard InChI is InChI=1S/C12H12N4O3S/c1-7-5-12(15-19-7)16-20(17,18)9-3-4-10-11(6-9)14-8(2)13-10/h3-6H,1-2H3,(H,13,14)(H,15,16). The minimum Gasteiger partial charge on any atom is -0.360 e. The number of hydrogen-bond acceptors (Lipinski definition) is 5. The molecule has 0 radical (unpaired) electrons. The van der Waals surface area contributed by atoms with Gasteiger partial charge in [-0.2, -0.15) is 0 Å². The molecule has 2 aromatic heterocycles. The largest absolute Gasteiger partial charge is 0.360 e. The van der Waals surface area contributed by atoms with Gasteiger partial charge >= 0.3 is 0 Å². The highest BCUT2D eigenvalue weighted by Gasteiger charge is 2.17. The summed E-state index contributed by atoms with van der Waals surface area (Å²) < 4.78 is 31.7. The Morgan fingerprint density at radius 2 is 2.05 bits per heavy atom. The van der Waals surface area contributed by atoms with E-state index in [4.69, 9.17) is 4.52 Å².